The molecular formula is C15H18N2O. The van der Waals surface area contributed by atoms with Crippen LogP contribution >= 0.6 is 0 Å². The lowest BCUT2D eigenvalue weighted by molar-refractivity contribution is 0.414. The van der Waals surface area contributed by atoms with Gasteiger partial charge in [0, 0.05) is 6.54 Å². The van der Waals surface area contributed by atoms with Crippen molar-refractivity contribution in [3.8, 4) is 5.75 Å². The second-order valence-corrected chi connectivity index (χ2v) is 4.17. The van der Waals surface area contributed by atoms with Gasteiger partial charge in [0.05, 0.1) is 7.11 Å². The van der Waals surface area contributed by atoms with Crippen molar-refractivity contribution in [2.45, 2.75) is 13.0 Å². The number of nitrogens with one attached hydrogen (secondary N) is 1. The van der Waals surface area contributed by atoms with Crippen molar-refractivity contribution in [1.29, 1.82) is 0 Å². The Kier molecular flexibility index (Phi) is 4.34. The van der Waals surface area contributed by atoms with Crippen LogP contribution in [0.3, 0.4) is 0 Å². The van der Waals surface area contributed by atoms with Crippen LogP contribution < -0.4 is 16.0 Å². The zero-order valence-electron chi connectivity index (χ0n) is 10.5. The third kappa shape index (κ3) is 3.09. The van der Waals surface area contributed by atoms with Crippen LogP contribution in [0.4, 0.5) is 0 Å². The number of methoxy groups -OCH3 is 1. The van der Waals surface area contributed by atoms with E-state index in [2.05, 4.69) is 35.8 Å². The molecule has 0 bridgehead atoms. The molecule has 0 fully saturated rings. The molecule has 2 aromatic carbocycles. The topological polar surface area (TPSA) is 47.3 Å². The summed E-state index contributed by atoms with van der Waals surface area (Å²) in [6.45, 7) is 0.687. The van der Waals surface area contributed by atoms with Gasteiger partial charge in [-0.05, 0) is 35.2 Å². The Morgan fingerprint density at radius 1 is 1.00 bits per heavy atom. The van der Waals surface area contributed by atoms with Crippen LogP contribution in [0.25, 0.3) is 0 Å². The molecule has 0 spiro atoms. The van der Waals surface area contributed by atoms with Gasteiger partial charge in [-0.15, -0.1) is 0 Å². The van der Waals surface area contributed by atoms with Gasteiger partial charge in [-0.2, -0.15) is 0 Å². The molecule has 3 heteroatoms. The average Bonchev–Trinajstić information content (AvgIpc) is 2.42. The smallest absolute Gasteiger partial charge is 0.118 e. The van der Waals surface area contributed by atoms with Crippen LogP contribution in [0.5, 0.6) is 5.75 Å². The maximum Gasteiger partial charge on any atom is 0.118 e. The van der Waals surface area contributed by atoms with Crippen LogP contribution in [-0.2, 0) is 13.0 Å². The van der Waals surface area contributed by atoms with Crippen LogP contribution in [0.2, 0.25) is 0 Å². The van der Waals surface area contributed by atoms with Crippen LogP contribution in [0.15, 0.2) is 48.5 Å². The van der Waals surface area contributed by atoms with Crippen LogP contribution in [0, 0.1) is 0 Å². The van der Waals surface area contributed by atoms with Gasteiger partial charge in [0.1, 0.15) is 5.75 Å². The fourth-order valence-electron chi connectivity index (χ4n) is 1.98. The third-order valence-corrected chi connectivity index (χ3v) is 2.96. The molecule has 2 rings (SSSR count). The first-order chi connectivity index (χ1) is 8.83. The largest absolute Gasteiger partial charge is 0.497 e. The summed E-state index contributed by atoms with van der Waals surface area (Å²) in [5.74, 6) is 6.28. The minimum Gasteiger partial charge on any atom is -0.497 e. The molecule has 0 saturated heterocycles. The number of hydrogen-bond donors (Lipinski definition) is 2. The molecular weight excluding hydrogens is 224 g/mol. The predicted octanol–water partition coefficient (Wildman–Crippen LogP) is 2.25. The molecule has 0 unspecified atom stereocenters. The van der Waals surface area contributed by atoms with Gasteiger partial charge >= 0.3 is 0 Å². The van der Waals surface area contributed by atoms with E-state index in [-0.39, 0.29) is 0 Å². The van der Waals surface area contributed by atoms with Gasteiger partial charge in [0.2, 0.25) is 0 Å². The van der Waals surface area contributed by atoms with E-state index in [1.54, 1.807) is 7.11 Å². The van der Waals surface area contributed by atoms with Crippen LogP contribution in [-0.4, -0.2) is 7.11 Å². The second kappa shape index (κ2) is 6.19. The summed E-state index contributed by atoms with van der Waals surface area (Å²) in [4.78, 5) is 0. The highest BCUT2D eigenvalue weighted by Crippen LogP contribution is 2.17. The van der Waals surface area contributed by atoms with Crippen molar-refractivity contribution in [3.63, 3.8) is 0 Å². The highest BCUT2D eigenvalue weighted by Gasteiger charge is 2.02. The van der Waals surface area contributed by atoms with Crippen molar-refractivity contribution < 1.29 is 4.74 Å². The van der Waals surface area contributed by atoms with Gasteiger partial charge in [-0.3, -0.25) is 11.3 Å². The lowest BCUT2D eigenvalue weighted by Crippen LogP contribution is -2.21. The highest BCUT2D eigenvalue weighted by atomic mass is 16.5. The molecule has 2 aromatic rings. The first kappa shape index (κ1) is 12.6. The minimum atomic E-state index is 0.687. The molecule has 0 radical (unpaired) electrons. The summed E-state index contributed by atoms with van der Waals surface area (Å²) in [5, 5.41) is 0. The number of hydrazine groups is 1. The van der Waals surface area contributed by atoms with E-state index in [9.17, 15) is 0 Å². The molecule has 0 saturated carbocycles. The maximum atomic E-state index is 5.39. The van der Waals surface area contributed by atoms with Gasteiger partial charge in [0.15, 0.2) is 0 Å². The van der Waals surface area contributed by atoms with E-state index in [1.165, 1.54) is 16.7 Å². The zero-order chi connectivity index (χ0) is 12.8. The number of benzene rings is 2. The monoisotopic (exact) mass is 242 g/mol. The third-order valence-electron chi connectivity index (χ3n) is 2.96. The number of ether oxygens (including phenoxy) is 1. The second-order valence-electron chi connectivity index (χ2n) is 4.17. The van der Waals surface area contributed by atoms with E-state index >= 15 is 0 Å². The molecule has 18 heavy (non-hydrogen) atoms. The molecule has 3 N–H and O–H groups in total. The fraction of sp³-hybridized carbons (Fsp3) is 0.200. The number of rotatable bonds is 5. The predicted molar refractivity (Wildman–Crippen MR) is 73.3 cm³/mol. The van der Waals surface area contributed by atoms with Crippen molar-refractivity contribution >= 4 is 0 Å². The fourth-order valence-corrected chi connectivity index (χ4v) is 1.98. The standard InChI is InChI=1S/C15H18N2O/c1-18-15-8-6-12(7-9-15)10-13-4-2-3-5-14(13)11-17-16/h2-9,17H,10-11,16H2,1H3. The SMILES string of the molecule is COc1ccc(Cc2ccccc2CNN)cc1. The lowest BCUT2D eigenvalue weighted by atomic mass is 10.00. The summed E-state index contributed by atoms with van der Waals surface area (Å²) in [6.07, 6.45) is 0.905. The molecule has 0 heterocycles. The molecule has 94 valence electrons. The summed E-state index contributed by atoms with van der Waals surface area (Å²) < 4.78 is 5.16. The Bertz CT molecular complexity index is 494. The molecule has 0 aromatic heterocycles. The number of hydrogen-bond acceptors (Lipinski definition) is 3. The van der Waals surface area contributed by atoms with Gasteiger partial charge in [-0.1, -0.05) is 36.4 Å². The maximum absolute atomic E-state index is 5.39. The van der Waals surface area contributed by atoms with Crippen LogP contribution in [0.1, 0.15) is 16.7 Å². The van der Waals surface area contributed by atoms with E-state index in [1.807, 2.05) is 18.2 Å². The summed E-state index contributed by atoms with van der Waals surface area (Å²) in [7, 11) is 1.68. The van der Waals surface area contributed by atoms with E-state index in [0.29, 0.717) is 6.54 Å². The van der Waals surface area contributed by atoms with Crippen molar-refractivity contribution in [2.24, 2.45) is 5.84 Å². The number of nitrogens with two attached hydrogens (primary N) is 1. The van der Waals surface area contributed by atoms with Crippen molar-refractivity contribution in [2.75, 3.05) is 7.11 Å². The summed E-state index contributed by atoms with van der Waals surface area (Å²) in [5.41, 5.74) is 6.50. The molecule has 0 aliphatic carbocycles. The molecule has 0 aliphatic rings. The Hall–Kier alpha value is -1.84. The highest BCUT2D eigenvalue weighted by molar-refractivity contribution is 5.35. The van der Waals surface area contributed by atoms with E-state index < -0.39 is 0 Å². The average molecular weight is 242 g/mol. The zero-order valence-corrected chi connectivity index (χ0v) is 10.5. The summed E-state index contributed by atoms with van der Waals surface area (Å²) >= 11 is 0. The first-order valence-corrected chi connectivity index (χ1v) is 5.96. The molecule has 0 aliphatic heterocycles. The first-order valence-electron chi connectivity index (χ1n) is 5.96. The Morgan fingerprint density at radius 2 is 1.67 bits per heavy atom. The van der Waals surface area contributed by atoms with Crippen molar-refractivity contribution in [1.82, 2.24) is 5.43 Å². The normalized spacial score (nSPS) is 10.3. The van der Waals surface area contributed by atoms with Gasteiger partial charge in [-0.25, -0.2) is 0 Å². The van der Waals surface area contributed by atoms with Gasteiger partial charge < -0.3 is 4.74 Å². The summed E-state index contributed by atoms with van der Waals surface area (Å²) in [6, 6.07) is 16.5. The Morgan fingerprint density at radius 3 is 2.28 bits per heavy atom. The molecule has 3 nitrogen and oxygen atoms in total. The Labute approximate surface area is 108 Å². The van der Waals surface area contributed by atoms with E-state index in [0.717, 1.165) is 12.2 Å². The Balaban J connectivity index is 2.17. The minimum absolute atomic E-state index is 0.687. The lowest BCUT2D eigenvalue weighted by Gasteiger charge is -2.09. The van der Waals surface area contributed by atoms with Crippen molar-refractivity contribution in [3.05, 3.63) is 65.2 Å². The van der Waals surface area contributed by atoms with E-state index in [4.69, 9.17) is 10.6 Å². The van der Waals surface area contributed by atoms with Gasteiger partial charge in [0.25, 0.3) is 0 Å². The molecule has 0 amide bonds. The quantitative estimate of drug-likeness (QED) is 0.624. The molecule has 0 atom stereocenters.